The molecule has 0 saturated heterocycles. The predicted molar refractivity (Wildman–Crippen MR) is 95.1 cm³/mol. The van der Waals surface area contributed by atoms with E-state index in [0.29, 0.717) is 0 Å². The first kappa shape index (κ1) is 18.1. The van der Waals surface area contributed by atoms with Crippen molar-refractivity contribution in [2.24, 2.45) is 11.3 Å². The number of hydrogen-bond donors (Lipinski definition) is 0. The molecule has 2 rings (SSSR count). The largest absolute Gasteiger partial charge is 0.459 e. The van der Waals surface area contributed by atoms with E-state index < -0.39 is 0 Å². The molecule has 2 aliphatic rings. The van der Waals surface area contributed by atoms with Gasteiger partial charge in [-0.05, 0) is 61.8 Å². The van der Waals surface area contributed by atoms with Crippen molar-refractivity contribution in [3.05, 3.63) is 34.3 Å². The Morgan fingerprint density at radius 3 is 2.74 bits per heavy atom. The molecular weight excluding hydrogens is 308 g/mol. The number of rotatable bonds is 3. The van der Waals surface area contributed by atoms with Crippen LogP contribution in [0.3, 0.4) is 0 Å². The molecule has 0 amide bonds. The number of thioether (sulfide) groups is 1. The zero-order chi connectivity index (χ0) is 17.2. The summed E-state index contributed by atoms with van der Waals surface area (Å²) in [5.41, 5.74) is 3.11. The van der Waals surface area contributed by atoms with Crippen molar-refractivity contribution in [1.29, 1.82) is 0 Å². The van der Waals surface area contributed by atoms with Gasteiger partial charge in [0.15, 0.2) is 5.78 Å². The minimum Gasteiger partial charge on any atom is -0.459 e. The summed E-state index contributed by atoms with van der Waals surface area (Å²) in [7, 11) is 0. The lowest BCUT2D eigenvalue weighted by atomic mass is 9.58. The summed E-state index contributed by atoms with van der Waals surface area (Å²) in [6, 6.07) is 0. The second kappa shape index (κ2) is 7.08. The first-order chi connectivity index (χ1) is 10.8. The summed E-state index contributed by atoms with van der Waals surface area (Å²) in [5, 5.41) is 1.74. The molecule has 23 heavy (non-hydrogen) atoms. The Bertz CT molecular complexity index is 596. The number of carbonyl (C=O) groups is 2. The highest BCUT2D eigenvalue weighted by Crippen LogP contribution is 2.52. The molecule has 0 heterocycles. The Balaban J connectivity index is 2.23. The molecule has 0 spiro atoms. The van der Waals surface area contributed by atoms with E-state index in [0.717, 1.165) is 30.4 Å². The van der Waals surface area contributed by atoms with Crippen LogP contribution in [0.5, 0.6) is 0 Å². The molecule has 0 aromatic heterocycles. The number of esters is 1. The van der Waals surface area contributed by atoms with Crippen molar-refractivity contribution >= 4 is 23.5 Å². The standard InChI is InChI=1S/C19H26O3S/c1-12(2)15-11-19(4)13(3)17(22-18(21)8-9-23-5)7-6-14(19)10-16(15)20/h8-10,13,17H,6-7,11H2,1-5H3/b9-8+/t13-,17+,19+/m0/s1. The lowest BCUT2D eigenvalue weighted by molar-refractivity contribution is -0.149. The maximum absolute atomic E-state index is 12.3. The zero-order valence-electron chi connectivity index (χ0n) is 14.6. The van der Waals surface area contributed by atoms with Crippen molar-refractivity contribution in [3.8, 4) is 0 Å². The van der Waals surface area contributed by atoms with Gasteiger partial charge in [-0.2, -0.15) is 0 Å². The van der Waals surface area contributed by atoms with Gasteiger partial charge in [-0.25, -0.2) is 4.79 Å². The normalized spacial score (nSPS) is 30.9. The van der Waals surface area contributed by atoms with Crippen LogP contribution < -0.4 is 0 Å². The first-order valence-corrected chi connectivity index (χ1v) is 9.40. The molecule has 1 saturated carbocycles. The van der Waals surface area contributed by atoms with Crippen LogP contribution in [0.1, 0.15) is 47.0 Å². The smallest absolute Gasteiger partial charge is 0.331 e. The van der Waals surface area contributed by atoms with Crippen molar-refractivity contribution in [2.75, 3.05) is 6.26 Å². The molecular formula is C19H26O3S. The Morgan fingerprint density at radius 1 is 1.43 bits per heavy atom. The third-order valence-electron chi connectivity index (χ3n) is 5.35. The number of hydrogen-bond acceptors (Lipinski definition) is 4. The van der Waals surface area contributed by atoms with Crippen molar-refractivity contribution in [3.63, 3.8) is 0 Å². The van der Waals surface area contributed by atoms with Crippen LogP contribution in [-0.4, -0.2) is 24.1 Å². The van der Waals surface area contributed by atoms with Crippen LogP contribution >= 0.6 is 11.8 Å². The van der Waals surface area contributed by atoms with Crippen LogP contribution in [0.25, 0.3) is 0 Å². The minimum atomic E-state index is -0.276. The Labute approximate surface area is 143 Å². The van der Waals surface area contributed by atoms with Gasteiger partial charge in [-0.3, -0.25) is 4.79 Å². The average molecular weight is 334 g/mol. The van der Waals surface area contributed by atoms with Gasteiger partial charge in [0.2, 0.25) is 0 Å². The fraction of sp³-hybridized carbons (Fsp3) is 0.579. The van der Waals surface area contributed by atoms with E-state index in [1.807, 2.05) is 26.2 Å². The van der Waals surface area contributed by atoms with Crippen LogP contribution in [0.4, 0.5) is 0 Å². The topological polar surface area (TPSA) is 43.4 Å². The molecule has 0 radical (unpaired) electrons. The summed E-state index contributed by atoms with van der Waals surface area (Å²) in [6.07, 6.45) is 7.49. The highest BCUT2D eigenvalue weighted by Gasteiger charge is 2.47. The molecule has 0 N–H and O–H groups in total. The summed E-state index contributed by atoms with van der Waals surface area (Å²) < 4.78 is 5.68. The van der Waals surface area contributed by atoms with Crippen molar-refractivity contribution in [2.45, 2.75) is 53.1 Å². The molecule has 0 aromatic rings. The van der Waals surface area contributed by atoms with Gasteiger partial charge in [0, 0.05) is 12.0 Å². The molecule has 0 bridgehead atoms. The van der Waals surface area contributed by atoms with Crippen LogP contribution in [0.15, 0.2) is 34.3 Å². The number of carbonyl (C=O) groups excluding carboxylic acids is 2. The quantitative estimate of drug-likeness (QED) is 0.565. The molecule has 3 nitrogen and oxygen atoms in total. The number of ketones is 1. The Kier molecular flexibility index (Phi) is 5.56. The zero-order valence-corrected chi connectivity index (χ0v) is 15.5. The number of allylic oxidation sites excluding steroid dienone is 4. The number of ether oxygens (including phenoxy) is 1. The van der Waals surface area contributed by atoms with E-state index in [2.05, 4.69) is 13.8 Å². The lowest BCUT2D eigenvalue weighted by Crippen LogP contribution is -2.44. The van der Waals surface area contributed by atoms with E-state index in [1.165, 1.54) is 23.4 Å². The molecule has 4 heteroatoms. The van der Waals surface area contributed by atoms with E-state index in [9.17, 15) is 9.59 Å². The van der Waals surface area contributed by atoms with E-state index in [1.54, 1.807) is 5.41 Å². The summed E-state index contributed by atoms with van der Waals surface area (Å²) >= 11 is 1.48. The summed E-state index contributed by atoms with van der Waals surface area (Å²) in [5.74, 6) is 0.0705. The van der Waals surface area contributed by atoms with Crippen LogP contribution in [-0.2, 0) is 14.3 Å². The second-order valence-corrected chi connectivity index (χ2v) is 7.69. The van der Waals surface area contributed by atoms with E-state index >= 15 is 0 Å². The maximum Gasteiger partial charge on any atom is 0.331 e. The fourth-order valence-corrected chi connectivity index (χ4v) is 3.89. The molecule has 2 aliphatic carbocycles. The third-order valence-corrected chi connectivity index (χ3v) is 5.76. The molecule has 1 fully saturated rings. The van der Waals surface area contributed by atoms with Gasteiger partial charge in [0.25, 0.3) is 0 Å². The van der Waals surface area contributed by atoms with Crippen molar-refractivity contribution < 1.29 is 14.3 Å². The predicted octanol–water partition coefficient (Wildman–Crippen LogP) is 4.45. The van der Waals surface area contributed by atoms with Crippen LogP contribution in [0, 0.1) is 11.3 Å². The Hall–Kier alpha value is -1.29. The van der Waals surface area contributed by atoms with E-state index in [4.69, 9.17) is 4.74 Å². The second-order valence-electron chi connectivity index (χ2n) is 6.95. The first-order valence-electron chi connectivity index (χ1n) is 8.11. The summed E-state index contributed by atoms with van der Waals surface area (Å²) in [6.45, 7) is 8.33. The molecule has 126 valence electrons. The van der Waals surface area contributed by atoms with Gasteiger partial charge in [0.05, 0.1) is 0 Å². The minimum absolute atomic E-state index is 0.0947. The van der Waals surface area contributed by atoms with Gasteiger partial charge in [0.1, 0.15) is 6.10 Å². The highest BCUT2D eigenvalue weighted by atomic mass is 32.2. The highest BCUT2D eigenvalue weighted by molar-refractivity contribution is 8.01. The van der Waals surface area contributed by atoms with Gasteiger partial charge < -0.3 is 4.74 Å². The molecule has 0 unspecified atom stereocenters. The average Bonchev–Trinajstić information content (AvgIpc) is 2.49. The number of fused-ring (bicyclic) bond motifs is 1. The SMILES string of the molecule is CS/C=C/C(=O)O[C@@H]1CCC2=CC(=O)C(=C(C)C)C[C@]2(C)[C@H]1C. The molecule has 3 atom stereocenters. The third kappa shape index (κ3) is 3.63. The Morgan fingerprint density at radius 2 is 2.13 bits per heavy atom. The van der Waals surface area contributed by atoms with Crippen molar-refractivity contribution in [1.82, 2.24) is 0 Å². The lowest BCUT2D eigenvalue weighted by Gasteiger charge is -2.48. The van der Waals surface area contributed by atoms with E-state index in [-0.39, 0.29) is 29.2 Å². The fourth-order valence-electron chi connectivity index (χ4n) is 3.64. The monoisotopic (exact) mass is 334 g/mol. The van der Waals surface area contributed by atoms with Gasteiger partial charge in [-0.1, -0.05) is 25.0 Å². The van der Waals surface area contributed by atoms with Gasteiger partial charge in [-0.15, -0.1) is 11.8 Å². The van der Waals surface area contributed by atoms with Crippen LogP contribution in [0.2, 0.25) is 0 Å². The maximum atomic E-state index is 12.3. The molecule has 0 aliphatic heterocycles. The molecule has 0 aromatic carbocycles. The van der Waals surface area contributed by atoms with Gasteiger partial charge >= 0.3 is 5.97 Å². The summed E-state index contributed by atoms with van der Waals surface area (Å²) in [4.78, 5) is 24.2.